The second-order valence-corrected chi connectivity index (χ2v) is 6.23. The molecule has 0 aliphatic heterocycles. The summed E-state index contributed by atoms with van der Waals surface area (Å²) >= 11 is 0. The Bertz CT molecular complexity index is 289. The van der Waals surface area contributed by atoms with Crippen LogP contribution in [0, 0.1) is 0 Å². The SMILES string of the molecule is C=CCCNC1CCC(NC(=O)OC(C)(C)C)CC1. The molecule has 0 heterocycles. The summed E-state index contributed by atoms with van der Waals surface area (Å²) in [4.78, 5) is 11.7. The maximum atomic E-state index is 11.7. The van der Waals surface area contributed by atoms with Crippen molar-refractivity contribution in [2.75, 3.05) is 6.54 Å². The topological polar surface area (TPSA) is 50.4 Å². The lowest BCUT2D eigenvalue weighted by molar-refractivity contribution is 0.0490. The fourth-order valence-electron chi connectivity index (χ4n) is 2.31. The van der Waals surface area contributed by atoms with E-state index in [1.807, 2.05) is 26.8 Å². The van der Waals surface area contributed by atoms with Gasteiger partial charge in [0, 0.05) is 12.1 Å². The average Bonchev–Trinajstić information content (AvgIpc) is 2.29. The Morgan fingerprint density at radius 3 is 2.37 bits per heavy atom. The van der Waals surface area contributed by atoms with Crippen LogP contribution in [0.1, 0.15) is 52.9 Å². The van der Waals surface area contributed by atoms with Crippen molar-refractivity contribution in [3.63, 3.8) is 0 Å². The molecule has 0 spiro atoms. The van der Waals surface area contributed by atoms with Crippen molar-refractivity contribution in [1.29, 1.82) is 0 Å². The molecule has 0 aromatic carbocycles. The quantitative estimate of drug-likeness (QED) is 0.595. The van der Waals surface area contributed by atoms with Gasteiger partial charge in [-0.05, 0) is 59.4 Å². The van der Waals surface area contributed by atoms with Crippen LogP contribution in [0.25, 0.3) is 0 Å². The lowest BCUT2D eigenvalue weighted by atomic mass is 9.91. The first-order valence-electron chi connectivity index (χ1n) is 7.24. The zero-order chi connectivity index (χ0) is 14.3. The summed E-state index contributed by atoms with van der Waals surface area (Å²) in [7, 11) is 0. The van der Waals surface area contributed by atoms with Crippen molar-refractivity contribution in [3.05, 3.63) is 12.7 Å². The molecule has 4 nitrogen and oxygen atoms in total. The van der Waals surface area contributed by atoms with Crippen LogP contribution in [0.5, 0.6) is 0 Å². The van der Waals surface area contributed by atoms with Crippen LogP contribution in [0.15, 0.2) is 12.7 Å². The number of ether oxygens (including phenoxy) is 1. The van der Waals surface area contributed by atoms with E-state index in [2.05, 4.69) is 17.2 Å². The number of carbonyl (C=O) groups is 1. The van der Waals surface area contributed by atoms with Crippen LogP contribution in [-0.2, 0) is 4.74 Å². The number of carbonyl (C=O) groups excluding carboxylic acids is 1. The predicted molar refractivity (Wildman–Crippen MR) is 78.2 cm³/mol. The number of hydrogen-bond acceptors (Lipinski definition) is 3. The Balaban J connectivity index is 2.19. The molecule has 0 saturated heterocycles. The van der Waals surface area contributed by atoms with E-state index in [0.717, 1.165) is 38.6 Å². The van der Waals surface area contributed by atoms with Gasteiger partial charge in [0.2, 0.25) is 0 Å². The molecule has 0 aromatic heterocycles. The second kappa shape index (κ2) is 7.53. The van der Waals surface area contributed by atoms with Gasteiger partial charge in [-0.2, -0.15) is 0 Å². The van der Waals surface area contributed by atoms with Crippen LogP contribution in [0.3, 0.4) is 0 Å². The Labute approximate surface area is 117 Å². The Hall–Kier alpha value is -1.03. The normalized spacial score (nSPS) is 23.7. The van der Waals surface area contributed by atoms with Crippen LogP contribution in [0.4, 0.5) is 4.79 Å². The molecule has 1 saturated carbocycles. The van der Waals surface area contributed by atoms with Gasteiger partial charge in [0.25, 0.3) is 0 Å². The molecule has 0 unspecified atom stereocenters. The van der Waals surface area contributed by atoms with E-state index in [0.29, 0.717) is 6.04 Å². The average molecular weight is 268 g/mol. The van der Waals surface area contributed by atoms with Gasteiger partial charge in [0.1, 0.15) is 5.60 Å². The van der Waals surface area contributed by atoms with Gasteiger partial charge in [-0.3, -0.25) is 0 Å². The number of nitrogens with one attached hydrogen (secondary N) is 2. The molecule has 0 aromatic rings. The van der Waals surface area contributed by atoms with Crippen molar-refractivity contribution in [2.45, 2.75) is 70.6 Å². The maximum Gasteiger partial charge on any atom is 0.407 e. The van der Waals surface area contributed by atoms with Gasteiger partial charge in [0.05, 0.1) is 0 Å². The highest BCUT2D eigenvalue weighted by Crippen LogP contribution is 2.19. The summed E-state index contributed by atoms with van der Waals surface area (Å²) in [5.41, 5.74) is -0.423. The number of hydrogen-bond donors (Lipinski definition) is 2. The Morgan fingerprint density at radius 2 is 1.84 bits per heavy atom. The molecular formula is C15H28N2O2. The minimum atomic E-state index is -0.423. The molecule has 4 heteroatoms. The van der Waals surface area contributed by atoms with E-state index in [9.17, 15) is 4.79 Å². The van der Waals surface area contributed by atoms with Gasteiger partial charge in [-0.1, -0.05) is 6.08 Å². The zero-order valence-electron chi connectivity index (χ0n) is 12.5. The predicted octanol–water partition coefficient (Wildman–Crippen LogP) is 2.99. The molecular weight excluding hydrogens is 240 g/mol. The first-order chi connectivity index (χ1) is 8.90. The summed E-state index contributed by atoms with van der Waals surface area (Å²) in [6.07, 6.45) is 6.90. The highest BCUT2D eigenvalue weighted by Gasteiger charge is 2.24. The molecule has 19 heavy (non-hydrogen) atoms. The molecule has 1 rings (SSSR count). The minimum Gasteiger partial charge on any atom is -0.444 e. The number of rotatable bonds is 5. The molecule has 2 N–H and O–H groups in total. The van der Waals surface area contributed by atoms with E-state index in [4.69, 9.17) is 4.74 Å². The van der Waals surface area contributed by atoms with Crippen LogP contribution in [0.2, 0.25) is 0 Å². The summed E-state index contributed by atoms with van der Waals surface area (Å²) < 4.78 is 5.27. The Kier molecular flexibility index (Phi) is 6.35. The zero-order valence-corrected chi connectivity index (χ0v) is 12.5. The monoisotopic (exact) mass is 268 g/mol. The summed E-state index contributed by atoms with van der Waals surface area (Å²) in [5.74, 6) is 0. The molecule has 110 valence electrons. The molecule has 1 amide bonds. The molecule has 0 radical (unpaired) electrons. The molecule has 1 aliphatic carbocycles. The fourth-order valence-corrected chi connectivity index (χ4v) is 2.31. The summed E-state index contributed by atoms with van der Waals surface area (Å²) in [6.45, 7) is 10.4. The molecule has 0 atom stereocenters. The summed E-state index contributed by atoms with van der Waals surface area (Å²) in [5, 5.41) is 6.48. The highest BCUT2D eigenvalue weighted by molar-refractivity contribution is 5.68. The van der Waals surface area contributed by atoms with E-state index < -0.39 is 5.60 Å². The first kappa shape index (κ1) is 16.0. The van der Waals surface area contributed by atoms with E-state index in [1.54, 1.807) is 0 Å². The summed E-state index contributed by atoms with van der Waals surface area (Å²) in [6, 6.07) is 0.837. The van der Waals surface area contributed by atoms with Crippen LogP contribution < -0.4 is 10.6 Å². The highest BCUT2D eigenvalue weighted by atomic mass is 16.6. The second-order valence-electron chi connectivity index (χ2n) is 6.23. The van der Waals surface area contributed by atoms with Gasteiger partial charge >= 0.3 is 6.09 Å². The standard InChI is InChI=1S/C15H28N2O2/c1-5-6-11-16-12-7-9-13(10-8-12)17-14(18)19-15(2,3)4/h5,12-13,16H,1,6-11H2,2-4H3,(H,17,18). The smallest absolute Gasteiger partial charge is 0.407 e. The van der Waals surface area contributed by atoms with Gasteiger partial charge in [-0.15, -0.1) is 6.58 Å². The lowest BCUT2D eigenvalue weighted by Gasteiger charge is -2.30. The molecule has 1 fully saturated rings. The number of amides is 1. The van der Waals surface area contributed by atoms with E-state index >= 15 is 0 Å². The maximum absolute atomic E-state index is 11.7. The first-order valence-corrected chi connectivity index (χ1v) is 7.24. The van der Waals surface area contributed by atoms with Gasteiger partial charge in [-0.25, -0.2) is 4.79 Å². The largest absolute Gasteiger partial charge is 0.444 e. The van der Waals surface area contributed by atoms with Crippen molar-refractivity contribution in [1.82, 2.24) is 10.6 Å². The third kappa shape index (κ3) is 7.21. The van der Waals surface area contributed by atoms with Crippen molar-refractivity contribution in [3.8, 4) is 0 Å². The van der Waals surface area contributed by atoms with Gasteiger partial charge in [0.15, 0.2) is 0 Å². The van der Waals surface area contributed by atoms with Crippen LogP contribution in [-0.4, -0.2) is 30.3 Å². The Morgan fingerprint density at radius 1 is 1.26 bits per heavy atom. The number of alkyl carbamates (subject to hydrolysis) is 1. The van der Waals surface area contributed by atoms with E-state index in [1.165, 1.54) is 0 Å². The van der Waals surface area contributed by atoms with Crippen molar-refractivity contribution < 1.29 is 9.53 Å². The van der Waals surface area contributed by atoms with Crippen molar-refractivity contribution >= 4 is 6.09 Å². The molecule has 0 bridgehead atoms. The third-order valence-electron chi connectivity index (χ3n) is 3.23. The lowest BCUT2D eigenvalue weighted by Crippen LogP contribution is -2.44. The molecule has 1 aliphatic rings. The van der Waals surface area contributed by atoms with Crippen LogP contribution >= 0.6 is 0 Å². The van der Waals surface area contributed by atoms with Gasteiger partial charge < -0.3 is 15.4 Å². The minimum absolute atomic E-state index is 0.257. The van der Waals surface area contributed by atoms with Crippen molar-refractivity contribution in [2.24, 2.45) is 0 Å². The fraction of sp³-hybridized carbons (Fsp3) is 0.800. The third-order valence-corrected chi connectivity index (χ3v) is 3.23. The van der Waals surface area contributed by atoms with E-state index in [-0.39, 0.29) is 12.1 Å².